The number of methoxy groups -OCH3 is 1. The van der Waals surface area contributed by atoms with Crippen molar-refractivity contribution < 1.29 is 19.4 Å². The number of nitrogens with one attached hydrogen (secondary N) is 1. The lowest BCUT2D eigenvalue weighted by molar-refractivity contribution is -0.118. The van der Waals surface area contributed by atoms with Crippen LogP contribution in [0.25, 0.3) is 0 Å². The van der Waals surface area contributed by atoms with Crippen molar-refractivity contribution in [2.45, 2.75) is 32.7 Å². The molecular weight excluding hydrogens is 416 g/mol. The minimum absolute atomic E-state index is 0.0465. The number of phenolic OH excluding ortho intramolecular Hbond substituents is 1. The molecule has 1 heterocycles. The van der Waals surface area contributed by atoms with Gasteiger partial charge in [-0.1, -0.05) is 23.7 Å². The van der Waals surface area contributed by atoms with Crippen LogP contribution in [0.15, 0.2) is 36.4 Å². The highest BCUT2D eigenvalue weighted by molar-refractivity contribution is 6.32. The number of halogens is 1. The number of hydrogen-bond donors (Lipinski definition) is 2. The molecule has 0 bridgehead atoms. The van der Waals surface area contributed by atoms with Gasteiger partial charge in [0.2, 0.25) is 5.91 Å². The second kappa shape index (κ2) is 8.97. The molecule has 1 aliphatic carbocycles. The first kappa shape index (κ1) is 21.8. The van der Waals surface area contributed by atoms with Crippen molar-refractivity contribution in [3.8, 4) is 17.2 Å². The predicted octanol–water partition coefficient (Wildman–Crippen LogP) is 4.69. The summed E-state index contributed by atoms with van der Waals surface area (Å²) < 4.78 is 10.7. The summed E-state index contributed by atoms with van der Waals surface area (Å²) in [6, 6.07) is 10.9. The number of piperidine rings is 1. The van der Waals surface area contributed by atoms with E-state index in [0.29, 0.717) is 35.4 Å². The van der Waals surface area contributed by atoms with Gasteiger partial charge in [-0.2, -0.15) is 0 Å². The Bertz CT molecular complexity index is 957. The molecule has 1 aliphatic heterocycles. The summed E-state index contributed by atoms with van der Waals surface area (Å²) >= 11 is 6.16. The van der Waals surface area contributed by atoms with Crippen molar-refractivity contribution >= 4 is 23.2 Å². The second-order valence-electron chi connectivity index (χ2n) is 8.43. The molecule has 1 amide bonds. The van der Waals surface area contributed by atoms with Crippen molar-refractivity contribution in [2.75, 3.05) is 32.1 Å². The molecule has 2 fully saturated rings. The fourth-order valence-corrected chi connectivity index (χ4v) is 4.87. The van der Waals surface area contributed by atoms with Gasteiger partial charge in [-0.3, -0.25) is 9.69 Å². The number of anilines is 1. The number of hydrogen-bond acceptors (Lipinski definition) is 5. The number of rotatable bonds is 7. The summed E-state index contributed by atoms with van der Waals surface area (Å²) in [6.45, 7) is 4.94. The van der Waals surface area contributed by atoms with Gasteiger partial charge in [-0.25, -0.2) is 0 Å². The van der Waals surface area contributed by atoms with Crippen LogP contribution in [0.4, 0.5) is 5.69 Å². The summed E-state index contributed by atoms with van der Waals surface area (Å²) in [5, 5.41) is 13.9. The van der Waals surface area contributed by atoms with Crippen LogP contribution >= 0.6 is 11.6 Å². The molecule has 2 aromatic carbocycles. The Balaban J connectivity index is 1.31. The molecule has 166 valence electrons. The van der Waals surface area contributed by atoms with Crippen LogP contribution in [-0.4, -0.2) is 42.7 Å². The molecule has 0 aromatic heterocycles. The molecule has 0 unspecified atom stereocenters. The highest BCUT2D eigenvalue weighted by Crippen LogP contribution is 2.59. The van der Waals surface area contributed by atoms with Crippen molar-refractivity contribution in [1.29, 1.82) is 0 Å². The van der Waals surface area contributed by atoms with E-state index in [4.69, 9.17) is 21.1 Å². The Kier molecular flexibility index (Phi) is 6.30. The average molecular weight is 445 g/mol. The lowest BCUT2D eigenvalue weighted by Gasteiger charge is -2.33. The van der Waals surface area contributed by atoms with Gasteiger partial charge in [0.1, 0.15) is 5.75 Å². The van der Waals surface area contributed by atoms with Crippen molar-refractivity contribution in [3.63, 3.8) is 0 Å². The van der Waals surface area contributed by atoms with Crippen LogP contribution < -0.4 is 14.8 Å². The van der Waals surface area contributed by atoms with Gasteiger partial charge < -0.3 is 19.9 Å². The molecule has 1 saturated heterocycles. The molecule has 4 rings (SSSR count). The second-order valence-corrected chi connectivity index (χ2v) is 8.84. The Labute approximate surface area is 188 Å². The fraction of sp³-hybridized carbons (Fsp3) is 0.458. The van der Waals surface area contributed by atoms with Crippen molar-refractivity contribution in [3.05, 3.63) is 47.0 Å². The number of amides is 1. The molecule has 1 spiro atoms. The topological polar surface area (TPSA) is 71.0 Å². The number of phenols is 1. The average Bonchev–Trinajstić information content (AvgIpc) is 3.46. The molecule has 2 N–H and O–H groups in total. The summed E-state index contributed by atoms with van der Waals surface area (Å²) in [6.07, 6.45) is 2.91. The van der Waals surface area contributed by atoms with Gasteiger partial charge >= 0.3 is 0 Å². The SMILES string of the molecule is CCOc1cccc(CN2CCC3(CC2)C[C@H]3C(=O)Nc2ccc(OC)c(Cl)c2)c1O. The van der Waals surface area contributed by atoms with Crippen LogP contribution in [-0.2, 0) is 11.3 Å². The van der Waals surface area contributed by atoms with Crippen LogP contribution in [0, 0.1) is 11.3 Å². The lowest BCUT2D eigenvalue weighted by Crippen LogP contribution is -2.35. The van der Waals surface area contributed by atoms with Crippen LogP contribution in [0.5, 0.6) is 17.2 Å². The maximum absolute atomic E-state index is 12.8. The zero-order valence-corrected chi connectivity index (χ0v) is 18.7. The maximum Gasteiger partial charge on any atom is 0.228 e. The van der Waals surface area contributed by atoms with Crippen LogP contribution in [0.3, 0.4) is 0 Å². The van der Waals surface area contributed by atoms with E-state index in [1.54, 1.807) is 25.3 Å². The molecule has 2 aromatic rings. The van der Waals surface area contributed by atoms with Gasteiger partial charge in [0.05, 0.1) is 18.7 Å². The Hall–Kier alpha value is -2.44. The third-order valence-electron chi connectivity index (χ3n) is 6.55. The highest BCUT2D eigenvalue weighted by atomic mass is 35.5. The lowest BCUT2D eigenvalue weighted by atomic mass is 9.90. The molecule has 1 atom stereocenters. The number of carbonyl (C=O) groups is 1. The fourth-order valence-electron chi connectivity index (χ4n) is 4.61. The third kappa shape index (κ3) is 4.60. The summed E-state index contributed by atoms with van der Waals surface area (Å²) in [7, 11) is 1.57. The summed E-state index contributed by atoms with van der Waals surface area (Å²) in [5.41, 5.74) is 1.68. The van der Waals surface area contributed by atoms with Gasteiger partial charge in [-0.15, -0.1) is 0 Å². The van der Waals surface area contributed by atoms with Crippen molar-refractivity contribution in [1.82, 2.24) is 4.90 Å². The monoisotopic (exact) mass is 444 g/mol. The van der Waals surface area contributed by atoms with E-state index in [0.717, 1.165) is 37.9 Å². The van der Waals surface area contributed by atoms with Crippen molar-refractivity contribution in [2.24, 2.45) is 11.3 Å². The van der Waals surface area contributed by atoms with Crippen LogP contribution in [0.2, 0.25) is 5.02 Å². The normalized spacial score (nSPS) is 19.8. The molecule has 6 nitrogen and oxygen atoms in total. The number of ether oxygens (including phenoxy) is 2. The Morgan fingerprint density at radius 2 is 2.03 bits per heavy atom. The van der Waals surface area contributed by atoms with Gasteiger partial charge in [0.25, 0.3) is 0 Å². The first-order valence-corrected chi connectivity index (χ1v) is 11.1. The van der Waals surface area contributed by atoms with E-state index >= 15 is 0 Å². The van der Waals surface area contributed by atoms with E-state index in [1.807, 2.05) is 25.1 Å². The number of benzene rings is 2. The number of likely N-dealkylation sites (tertiary alicyclic amines) is 1. The van der Waals surface area contributed by atoms with Gasteiger partial charge in [0, 0.05) is 23.7 Å². The molecule has 1 saturated carbocycles. The number of para-hydroxylation sites is 1. The maximum atomic E-state index is 12.8. The van der Waals surface area contributed by atoms with E-state index in [9.17, 15) is 9.90 Å². The smallest absolute Gasteiger partial charge is 0.228 e. The minimum atomic E-state index is 0.0465. The summed E-state index contributed by atoms with van der Waals surface area (Å²) in [4.78, 5) is 15.1. The molecule has 2 aliphatic rings. The zero-order chi connectivity index (χ0) is 22.0. The van der Waals surface area contributed by atoms with E-state index in [2.05, 4.69) is 10.2 Å². The number of carbonyl (C=O) groups excluding carboxylic acids is 1. The standard InChI is InChI=1S/C24H29ClN2O4/c1-3-31-21-6-4-5-16(22(21)28)15-27-11-9-24(10-12-27)14-18(24)23(29)26-17-7-8-20(30-2)19(25)13-17/h4-8,13,18,28H,3,9-12,14-15H2,1-2H3,(H,26,29)/t18-/m0/s1. The first-order chi connectivity index (χ1) is 15.0. The van der Waals surface area contributed by atoms with E-state index < -0.39 is 0 Å². The largest absolute Gasteiger partial charge is 0.504 e. The third-order valence-corrected chi connectivity index (χ3v) is 6.85. The van der Waals surface area contributed by atoms with E-state index in [1.165, 1.54) is 0 Å². The van der Waals surface area contributed by atoms with Crippen LogP contribution in [0.1, 0.15) is 31.7 Å². The van der Waals surface area contributed by atoms with E-state index in [-0.39, 0.29) is 23.0 Å². The molecule has 7 heteroatoms. The minimum Gasteiger partial charge on any atom is -0.504 e. The number of aromatic hydroxyl groups is 1. The van der Waals surface area contributed by atoms with Gasteiger partial charge in [-0.05, 0) is 69.0 Å². The predicted molar refractivity (Wildman–Crippen MR) is 121 cm³/mol. The highest BCUT2D eigenvalue weighted by Gasteiger charge is 2.58. The zero-order valence-electron chi connectivity index (χ0n) is 18.0. The quantitative estimate of drug-likeness (QED) is 0.648. The molecule has 31 heavy (non-hydrogen) atoms. The number of nitrogens with zero attached hydrogens (tertiary/aromatic N) is 1. The molecule has 0 radical (unpaired) electrons. The molecular formula is C24H29ClN2O4. The first-order valence-electron chi connectivity index (χ1n) is 10.8. The van der Waals surface area contributed by atoms with Gasteiger partial charge in [0.15, 0.2) is 11.5 Å². The Morgan fingerprint density at radius 1 is 1.26 bits per heavy atom. The Morgan fingerprint density at radius 3 is 2.71 bits per heavy atom. The summed E-state index contributed by atoms with van der Waals surface area (Å²) in [5.74, 6) is 1.47.